The molecule has 0 radical (unpaired) electrons. The lowest BCUT2D eigenvalue weighted by molar-refractivity contribution is -0.161. The first-order valence-corrected chi connectivity index (χ1v) is 44.5. The van der Waals surface area contributed by atoms with Gasteiger partial charge in [-0.15, -0.1) is 0 Å². The highest BCUT2D eigenvalue weighted by molar-refractivity contribution is 7.47. The zero-order chi connectivity index (χ0) is 72.8. The molecule has 2 unspecified atom stereocenters. The minimum atomic E-state index is -4.96. The molecule has 0 aromatic rings. The number of phosphoric acid groups is 2. The molecular formula is C80H156O17P2. The first kappa shape index (κ1) is 97.1. The molecule has 0 spiro atoms. The molecule has 0 bridgehead atoms. The number of carbonyl (C=O) groups excluding carboxylic acids is 4. The van der Waals surface area contributed by atoms with E-state index in [1.165, 1.54) is 238 Å². The van der Waals surface area contributed by atoms with Crippen LogP contribution in [0.1, 0.15) is 420 Å². The lowest BCUT2D eigenvalue weighted by atomic mass is 10.0. The number of unbranched alkanes of at least 4 members (excludes halogenated alkanes) is 49. The topological polar surface area (TPSA) is 237 Å². The Kier molecular flexibility index (Phi) is 70.3. The molecule has 0 aliphatic rings. The molecule has 3 N–H and O–H groups in total. The van der Waals surface area contributed by atoms with Gasteiger partial charge in [-0.1, -0.05) is 369 Å². The highest BCUT2D eigenvalue weighted by Gasteiger charge is 2.30. The summed E-state index contributed by atoms with van der Waals surface area (Å²) < 4.78 is 68.7. The number of esters is 4. The monoisotopic (exact) mass is 1450 g/mol. The van der Waals surface area contributed by atoms with Crippen molar-refractivity contribution in [2.75, 3.05) is 39.6 Å². The van der Waals surface area contributed by atoms with Gasteiger partial charge in [-0.05, 0) is 37.5 Å². The van der Waals surface area contributed by atoms with Gasteiger partial charge in [-0.3, -0.25) is 37.3 Å². The number of aliphatic hydroxyl groups excluding tert-OH is 1. The molecule has 0 aromatic carbocycles. The summed E-state index contributed by atoms with van der Waals surface area (Å²) in [4.78, 5) is 73.0. The first-order valence-electron chi connectivity index (χ1n) is 41.5. The van der Waals surface area contributed by atoms with E-state index >= 15 is 0 Å². The summed E-state index contributed by atoms with van der Waals surface area (Å²) in [6.45, 7) is 9.66. The van der Waals surface area contributed by atoms with Crippen LogP contribution in [0.5, 0.6) is 0 Å². The SMILES string of the molecule is CCCCCCCCCCCCCCCCC(=O)OC[C@H](COP(=O)(O)OC[C@@H](O)COP(=O)(O)OC[C@@H](COC(=O)CCCCCCCCCCCCCCC)OC(=O)CCCCCCCCCCCCC(C)C)OC(=O)CCCCCCCCCCCCCCCCCCC(C)C. The molecule has 0 saturated carbocycles. The second-order valence-corrected chi connectivity index (χ2v) is 32.7. The number of ether oxygens (including phenoxy) is 4. The molecule has 0 amide bonds. The van der Waals surface area contributed by atoms with E-state index in [0.717, 1.165) is 102 Å². The predicted octanol–water partition coefficient (Wildman–Crippen LogP) is 23.9. The molecule has 0 aromatic heterocycles. The fraction of sp³-hybridized carbons (Fsp3) is 0.950. The van der Waals surface area contributed by atoms with Crippen LogP contribution in [0.25, 0.3) is 0 Å². The predicted molar refractivity (Wildman–Crippen MR) is 405 cm³/mol. The highest BCUT2D eigenvalue weighted by Crippen LogP contribution is 2.45. The van der Waals surface area contributed by atoms with Gasteiger partial charge in [0, 0.05) is 25.7 Å². The average molecular weight is 1450 g/mol. The summed E-state index contributed by atoms with van der Waals surface area (Å²) in [5.74, 6) is -0.546. The van der Waals surface area contributed by atoms with Crippen LogP contribution in [0.4, 0.5) is 0 Å². The Hall–Kier alpha value is -1.94. The average Bonchev–Trinajstić information content (AvgIpc) is 0.976. The van der Waals surface area contributed by atoms with Crippen LogP contribution in [0.3, 0.4) is 0 Å². The van der Waals surface area contributed by atoms with E-state index in [9.17, 15) is 43.2 Å². The summed E-state index contributed by atoms with van der Waals surface area (Å²) in [6, 6.07) is 0. The summed E-state index contributed by atoms with van der Waals surface area (Å²) in [5.41, 5.74) is 0. The van der Waals surface area contributed by atoms with Gasteiger partial charge in [-0.2, -0.15) is 0 Å². The number of rotatable bonds is 79. The van der Waals surface area contributed by atoms with Crippen LogP contribution < -0.4 is 0 Å². The summed E-state index contributed by atoms with van der Waals surface area (Å²) in [7, 11) is -9.92. The Morgan fingerprint density at radius 1 is 0.273 bits per heavy atom. The van der Waals surface area contributed by atoms with Crippen molar-refractivity contribution in [2.45, 2.75) is 439 Å². The third-order valence-corrected chi connectivity index (χ3v) is 20.6. The van der Waals surface area contributed by atoms with Crippen molar-refractivity contribution < 1.29 is 80.2 Å². The molecule has 0 rings (SSSR count). The molecule has 17 nitrogen and oxygen atoms in total. The van der Waals surface area contributed by atoms with Crippen LogP contribution in [-0.2, 0) is 65.4 Å². The molecule has 0 aliphatic carbocycles. The van der Waals surface area contributed by atoms with E-state index in [-0.39, 0.29) is 25.7 Å². The number of aliphatic hydroxyl groups is 1. The normalized spacial score (nSPS) is 13.9. The lowest BCUT2D eigenvalue weighted by Gasteiger charge is -2.21. The van der Waals surface area contributed by atoms with Gasteiger partial charge in [0.1, 0.15) is 19.3 Å². The van der Waals surface area contributed by atoms with Crippen LogP contribution in [0, 0.1) is 11.8 Å². The Bertz CT molecular complexity index is 1910. The Balaban J connectivity index is 5.25. The lowest BCUT2D eigenvalue weighted by Crippen LogP contribution is -2.30. The van der Waals surface area contributed by atoms with Crippen LogP contribution >= 0.6 is 15.6 Å². The molecule has 99 heavy (non-hydrogen) atoms. The quantitative estimate of drug-likeness (QED) is 0.0222. The molecule has 0 heterocycles. The van der Waals surface area contributed by atoms with Crippen molar-refractivity contribution in [3.8, 4) is 0 Å². The molecule has 19 heteroatoms. The maximum Gasteiger partial charge on any atom is 0.472 e. The van der Waals surface area contributed by atoms with Crippen molar-refractivity contribution in [2.24, 2.45) is 11.8 Å². The zero-order valence-electron chi connectivity index (χ0n) is 64.8. The van der Waals surface area contributed by atoms with Crippen molar-refractivity contribution in [3.63, 3.8) is 0 Å². The van der Waals surface area contributed by atoms with Gasteiger partial charge in [0.15, 0.2) is 12.2 Å². The van der Waals surface area contributed by atoms with E-state index < -0.39 is 97.5 Å². The van der Waals surface area contributed by atoms with Crippen LogP contribution in [0.2, 0.25) is 0 Å². The van der Waals surface area contributed by atoms with Crippen molar-refractivity contribution in [1.29, 1.82) is 0 Å². The summed E-state index contributed by atoms with van der Waals surface area (Å²) >= 11 is 0. The number of hydrogen-bond acceptors (Lipinski definition) is 15. The largest absolute Gasteiger partial charge is 0.472 e. The van der Waals surface area contributed by atoms with E-state index in [1.54, 1.807) is 0 Å². The van der Waals surface area contributed by atoms with Crippen LogP contribution in [-0.4, -0.2) is 96.7 Å². The third-order valence-electron chi connectivity index (χ3n) is 18.7. The van der Waals surface area contributed by atoms with E-state index in [2.05, 4.69) is 41.5 Å². The maximum atomic E-state index is 13.1. The van der Waals surface area contributed by atoms with Gasteiger partial charge in [0.25, 0.3) is 0 Å². The minimum absolute atomic E-state index is 0.107. The van der Waals surface area contributed by atoms with E-state index in [0.29, 0.717) is 25.7 Å². The van der Waals surface area contributed by atoms with Gasteiger partial charge < -0.3 is 33.8 Å². The van der Waals surface area contributed by atoms with E-state index in [1.807, 2.05) is 0 Å². The molecular weight excluding hydrogens is 1290 g/mol. The zero-order valence-corrected chi connectivity index (χ0v) is 66.6. The van der Waals surface area contributed by atoms with Gasteiger partial charge >= 0.3 is 39.5 Å². The van der Waals surface area contributed by atoms with Crippen molar-refractivity contribution in [1.82, 2.24) is 0 Å². The van der Waals surface area contributed by atoms with Gasteiger partial charge in [0.05, 0.1) is 26.4 Å². The van der Waals surface area contributed by atoms with Gasteiger partial charge in [0.2, 0.25) is 0 Å². The molecule has 588 valence electrons. The third kappa shape index (κ3) is 74.1. The fourth-order valence-corrected chi connectivity index (χ4v) is 13.9. The first-order chi connectivity index (χ1) is 47.9. The number of hydrogen-bond donors (Lipinski definition) is 3. The highest BCUT2D eigenvalue weighted by atomic mass is 31.2. The summed E-state index contributed by atoms with van der Waals surface area (Å²) in [6.07, 6.45) is 60.9. The second-order valence-electron chi connectivity index (χ2n) is 29.8. The van der Waals surface area contributed by atoms with Crippen molar-refractivity contribution >= 4 is 39.5 Å². The number of phosphoric ester groups is 2. The maximum absolute atomic E-state index is 13.1. The molecule has 5 atom stereocenters. The number of carbonyl (C=O) groups is 4. The fourth-order valence-electron chi connectivity index (χ4n) is 12.4. The van der Waals surface area contributed by atoms with Crippen LogP contribution in [0.15, 0.2) is 0 Å². The Morgan fingerprint density at radius 2 is 0.465 bits per heavy atom. The molecule has 0 saturated heterocycles. The molecule has 0 aliphatic heterocycles. The summed E-state index contributed by atoms with van der Waals surface area (Å²) in [5, 5.41) is 10.6. The Labute approximate surface area is 607 Å². The molecule has 0 fully saturated rings. The van der Waals surface area contributed by atoms with Gasteiger partial charge in [-0.25, -0.2) is 9.13 Å². The van der Waals surface area contributed by atoms with Crippen molar-refractivity contribution in [3.05, 3.63) is 0 Å². The smallest absolute Gasteiger partial charge is 0.462 e. The van der Waals surface area contributed by atoms with E-state index in [4.69, 9.17) is 37.0 Å². The standard InChI is InChI=1S/C80H156O17P2/c1-7-9-11-13-15-17-19-21-28-32-39-45-51-57-63-78(83)91-68-75(96-79(84)64-58-52-46-40-33-29-25-23-22-24-27-30-36-42-48-54-60-72(3)4)70-94-98(86,87)92-66-74(81)67-93-99(88,89)95-71-76(97-80(85)65-59-53-47-41-35-34-37-43-49-55-61-73(5)6)69-90-77(82)62-56-50-44-38-31-26-20-18-16-14-12-10-8-2/h72-76,81H,7-71H2,1-6H3,(H,86,87)(H,88,89)/t74-,75-,76-/m1/s1. The minimum Gasteiger partial charge on any atom is -0.462 e. The Morgan fingerprint density at radius 3 is 0.687 bits per heavy atom. The second kappa shape index (κ2) is 71.7.